The fourth-order valence-electron chi connectivity index (χ4n) is 2.84. The van der Waals surface area contributed by atoms with E-state index in [9.17, 15) is 13.6 Å². The number of carbonyl (C=O) groups is 1. The first kappa shape index (κ1) is 20.4. The molecule has 0 aromatic heterocycles. The summed E-state index contributed by atoms with van der Waals surface area (Å²) in [5.74, 6) is -2.69. The number of aromatic carboxylic acids is 1. The highest BCUT2D eigenvalue weighted by Crippen LogP contribution is 2.44. The normalized spacial score (nSPS) is 14.4. The van der Waals surface area contributed by atoms with Crippen LogP contribution < -0.4 is 14.8 Å². The molecule has 2 heterocycles. The van der Waals surface area contributed by atoms with Crippen LogP contribution in [0.1, 0.15) is 36.7 Å². The van der Waals surface area contributed by atoms with Gasteiger partial charge < -0.3 is 15.2 Å². The van der Waals surface area contributed by atoms with Crippen LogP contribution in [0.4, 0.5) is 14.5 Å². The fraction of sp³-hybridized carbons (Fsp3) is 0.350. The second kappa shape index (κ2) is 8.36. The minimum Gasteiger partial charge on any atom is -0.488 e. The summed E-state index contributed by atoms with van der Waals surface area (Å²) < 4.78 is 36.9. The fourth-order valence-corrected chi connectivity index (χ4v) is 3.62. The molecule has 0 saturated heterocycles. The van der Waals surface area contributed by atoms with Crippen LogP contribution in [0.2, 0.25) is 0 Å². The molecule has 2 aliphatic heterocycles. The number of anilines is 1. The molecule has 3 N–H and O–H groups in total. The SMILES string of the molecule is CC(C)C.O=C(O)c1cc2c(c(F)c1F)COc1cc3c(cc1-2)SNCCN3. The van der Waals surface area contributed by atoms with Crippen molar-refractivity contribution in [2.24, 2.45) is 5.92 Å². The zero-order chi connectivity index (χ0) is 20.4. The van der Waals surface area contributed by atoms with Gasteiger partial charge in [0.05, 0.1) is 11.3 Å². The first-order chi connectivity index (χ1) is 13.3. The van der Waals surface area contributed by atoms with Crippen molar-refractivity contribution in [1.29, 1.82) is 0 Å². The molecule has 150 valence electrons. The summed E-state index contributed by atoms with van der Waals surface area (Å²) in [6.45, 7) is 7.87. The summed E-state index contributed by atoms with van der Waals surface area (Å²) in [6, 6.07) is 4.77. The number of halogens is 2. The molecule has 0 radical (unpaired) electrons. The smallest absolute Gasteiger partial charge is 0.338 e. The lowest BCUT2D eigenvalue weighted by molar-refractivity contribution is 0.0690. The summed E-state index contributed by atoms with van der Waals surface area (Å²) in [7, 11) is 0. The molecule has 2 aliphatic rings. The van der Waals surface area contributed by atoms with E-state index < -0.39 is 23.2 Å². The van der Waals surface area contributed by atoms with Crippen LogP contribution in [0, 0.1) is 17.6 Å². The number of rotatable bonds is 1. The Kier molecular flexibility index (Phi) is 6.10. The van der Waals surface area contributed by atoms with Gasteiger partial charge in [-0.05, 0) is 35.6 Å². The van der Waals surface area contributed by atoms with Gasteiger partial charge in [-0.1, -0.05) is 20.8 Å². The number of nitrogens with one attached hydrogen (secondary N) is 2. The van der Waals surface area contributed by atoms with Crippen LogP contribution in [0.25, 0.3) is 11.1 Å². The van der Waals surface area contributed by atoms with Gasteiger partial charge in [-0.25, -0.2) is 13.6 Å². The van der Waals surface area contributed by atoms with Gasteiger partial charge in [0.25, 0.3) is 0 Å². The van der Waals surface area contributed by atoms with Crippen molar-refractivity contribution in [3.8, 4) is 16.9 Å². The minimum atomic E-state index is -1.50. The number of hydrogen-bond donors (Lipinski definition) is 3. The molecule has 0 saturated carbocycles. The van der Waals surface area contributed by atoms with E-state index in [1.54, 1.807) is 12.1 Å². The van der Waals surface area contributed by atoms with E-state index in [0.717, 1.165) is 29.6 Å². The number of hydrogen-bond acceptors (Lipinski definition) is 5. The Morgan fingerprint density at radius 1 is 1.14 bits per heavy atom. The molecule has 0 fully saturated rings. The summed E-state index contributed by atoms with van der Waals surface area (Å²) in [4.78, 5) is 12.1. The predicted octanol–water partition coefficient (Wildman–Crippen LogP) is 4.91. The van der Waals surface area contributed by atoms with E-state index >= 15 is 0 Å². The number of carboxylic acid groups (broad SMARTS) is 1. The number of benzene rings is 2. The van der Waals surface area contributed by atoms with E-state index in [1.807, 2.05) is 0 Å². The van der Waals surface area contributed by atoms with Gasteiger partial charge in [0.15, 0.2) is 11.6 Å². The summed E-state index contributed by atoms with van der Waals surface area (Å²) in [5.41, 5.74) is 1.13. The largest absolute Gasteiger partial charge is 0.488 e. The molecule has 2 aromatic rings. The van der Waals surface area contributed by atoms with Crippen LogP contribution in [0.5, 0.6) is 5.75 Å². The van der Waals surface area contributed by atoms with Crippen LogP contribution in [-0.2, 0) is 6.61 Å². The van der Waals surface area contributed by atoms with E-state index in [0.29, 0.717) is 16.9 Å². The molecule has 0 aliphatic carbocycles. The van der Waals surface area contributed by atoms with Crippen molar-refractivity contribution >= 4 is 23.6 Å². The first-order valence-corrected chi connectivity index (χ1v) is 9.80. The van der Waals surface area contributed by atoms with Gasteiger partial charge in [-0.3, -0.25) is 4.72 Å². The van der Waals surface area contributed by atoms with Crippen LogP contribution >= 0.6 is 11.9 Å². The van der Waals surface area contributed by atoms with Gasteiger partial charge in [-0.15, -0.1) is 0 Å². The Hall–Kier alpha value is -2.32. The van der Waals surface area contributed by atoms with Crippen LogP contribution in [0.3, 0.4) is 0 Å². The van der Waals surface area contributed by atoms with Gasteiger partial charge in [0.2, 0.25) is 0 Å². The average molecular weight is 408 g/mol. The van der Waals surface area contributed by atoms with Gasteiger partial charge in [0, 0.05) is 35.2 Å². The predicted molar refractivity (Wildman–Crippen MR) is 106 cm³/mol. The van der Waals surface area contributed by atoms with E-state index in [2.05, 4.69) is 30.8 Å². The molecule has 5 nitrogen and oxygen atoms in total. The van der Waals surface area contributed by atoms with Crippen molar-refractivity contribution < 1.29 is 23.4 Å². The third-order valence-corrected chi connectivity index (χ3v) is 4.91. The molecule has 0 unspecified atom stereocenters. The zero-order valence-electron chi connectivity index (χ0n) is 15.9. The Labute approximate surface area is 166 Å². The minimum absolute atomic E-state index is 0.0319. The van der Waals surface area contributed by atoms with Gasteiger partial charge in [-0.2, -0.15) is 0 Å². The molecule has 0 amide bonds. The maximum Gasteiger partial charge on any atom is 0.338 e. The van der Waals surface area contributed by atoms with E-state index in [1.165, 1.54) is 18.0 Å². The lowest BCUT2D eigenvalue weighted by atomic mass is 9.93. The molecule has 28 heavy (non-hydrogen) atoms. The maximum atomic E-state index is 14.3. The van der Waals surface area contributed by atoms with Crippen molar-refractivity contribution in [2.75, 3.05) is 18.4 Å². The van der Waals surface area contributed by atoms with Crippen molar-refractivity contribution in [1.82, 2.24) is 4.72 Å². The Morgan fingerprint density at radius 2 is 1.86 bits per heavy atom. The Morgan fingerprint density at radius 3 is 2.54 bits per heavy atom. The molecule has 0 bridgehead atoms. The first-order valence-electron chi connectivity index (χ1n) is 8.98. The third-order valence-electron chi connectivity index (χ3n) is 4.01. The van der Waals surface area contributed by atoms with E-state index in [-0.39, 0.29) is 12.2 Å². The number of carboxylic acids is 1. The summed E-state index contributed by atoms with van der Waals surface area (Å²) >= 11 is 1.42. The highest BCUT2D eigenvalue weighted by Gasteiger charge is 2.28. The highest BCUT2D eigenvalue weighted by atomic mass is 32.2. The quantitative estimate of drug-likeness (QED) is 0.583. The van der Waals surface area contributed by atoms with Gasteiger partial charge in [0.1, 0.15) is 12.4 Å². The molecule has 0 atom stereocenters. The third kappa shape index (κ3) is 4.07. The molecule has 2 aromatic carbocycles. The number of fused-ring (bicyclic) bond motifs is 4. The Bertz CT molecular complexity index is 916. The molecular weight excluding hydrogens is 386 g/mol. The van der Waals surface area contributed by atoms with Crippen molar-refractivity contribution in [3.63, 3.8) is 0 Å². The summed E-state index contributed by atoms with van der Waals surface area (Å²) in [5, 5.41) is 12.4. The molecule has 8 heteroatoms. The number of ether oxygens (including phenoxy) is 1. The summed E-state index contributed by atoms with van der Waals surface area (Å²) in [6.07, 6.45) is 0. The second-order valence-corrected chi connectivity index (χ2v) is 8.10. The molecule has 0 spiro atoms. The van der Waals surface area contributed by atoms with Gasteiger partial charge >= 0.3 is 5.97 Å². The lowest BCUT2D eigenvalue weighted by Crippen LogP contribution is -2.14. The average Bonchev–Trinajstić information content (AvgIpc) is 2.86. The Balaban J connectivity index is 0.000000516. The second-order valence-electron chi connectivity index (χ2n) is 7.17. The maximum absolute atomic E-state index is 14.3. The van der Waals surface area contributed by atoms with E-state index in [4.69, 9.17) is 9.84 Å². The van der Waals surface area contributed by atoms with Crippen LogP contribution in [-0.4, -0.2) is 24.2 Å². The molecular formula is C20H22F2N2O3S. The molecule has 4 rings (SSSR count). The highest BCUT2D eigenvalue weighted by molar-refractivity contribution is 7.97. The topological polar surface area (TPSA) is 70.6 Å². The monoisotopic (exact) mass is 408 g/mol. The zero-order valence-corrected chi connectivity index (χ0v) is 16.7. The van der Waals surface area contributed by atoms with Crippen molar-refractivity contribution in [2.45, 2.75) is 32.3 Å². The van der Waals surface area contributed by atoms with Crippen molar-refractivity contribution in [3.05, 3.63) is 41.0 Å². The van der Waals surface area contributed by atoms with Crippen LogP contribution in [0.15, 0.2) is 23.1 Å². The standard InChI is InChI=1S/C16H12F2N2O3S.C4H10/c17-14-9(16(21)22)3-7-8-4-13-11(19-1-2-20-24-13)5-12(8)23-6-10(7)15(14)18;1-4(2)3/h3-5,19-20H,1-2,6H2,(H,21,22);4H,1-3H3. The lowest BCUT2D eigenvalue weighted by Gasteiger charge is -2.23.